The molecule has 0 saturated carbocycles. The minimum Gasteiger partial charge on any atom is -0.300 e. The number of Topliss-reactive ketones (excluding diaryl/α,β-unsaturated/α-hetero) is 1. The molecule has 0 fully saturated rings. The van der Waals surface area contributed by atoms with Crippen molar-refractivity contribution in [3.63, 3.8) is 0 Å². The Morgan fingerprint density at radius 2 is 1.96 bits per heavy atom. The second kappa shape index (κ2) is 11.7. The maximum absolute atomic E-state index is 13.7. The number of nitrogens with zero attached hydrogens (tertiary/aromatic N) is 2. The molecule has 4 nitrogen and oxygen atoms in total. The van der Waals surface area contributed by atoms with Crippen LogP contribution in [0.15, 0.2) is 35.7 Å². The summed E-state index contributed by atoms with van der Waals surface area (Å²) in [6.07, 6.45) is 11.1. The zero-order valence-electron chi connectivity index (χ0n) is 15.8. The zero-order chi connectivity index (χ0) is 18.7. The molecule has 0 aliphatic heterocycles. The fourth-order valence-corrected chi connectivity index (χ4v) is 2.66. The molecule has 0 N–H and O–H groups in total. The Kier molecular flexibility index (Phi) is 10.0. The van der Waals surface area contributed by atoms with E-state index in [-0.39, 0.29) is 23.9 Å². The van der Waals surface area contributed by atoms with Gasteiger partial charge in [-0.05, 0) is 25.0 Å². The molecule has 1 aliphatic carbocycles. The summed E-state index contributed by atoms with van der Waals surface area (Å²) in [7, 11) is 0. The van der Waals surface area contributed by atoms with E-state index in [0.717, 1.165) is 31.4 Å². The Balaban J connectivity index is 2.94. The fourth-order valence-electron chi connectivity index (χ4n) is 2.66. The highest BCUT2D eigenvalue weighted by molar-refractivity contribution is 5.76. The number of ketones is 1. The van der Waals surface area contributed by atoms with Crippen LogP contribution in [0.2, 0.25) is 0 Å². The van der Waals surface area contributed by atoms with Crippen molar-refractivity contribution >= 4 is 11.7 Å². The van der Waals surface area contributed by atoms with Gasteiger partial charge in [0.1, 0.15) is 11.6 Å². The maximum Gasteiger partial charge on any atom is 0.236 e. The van der Waals surface area contributed by atoms with Gasteiger partial charge < -0.3 is 0 Å². The predicted molar refractivity (Wildman–Crippen MR) is 99.4 cm³/mol. The summed E-state index contributed by atoms with van der Waals surface area (Å²) >= 11 is 0. The van der Waals surface area contributed by atoms with Crippen LogP contribution < -0.4 is 0 Å². The van der Waals surface area contributed by atoms with E-state index in [1.165, 1.54) is 6.08 Å². The van der Waals surface area contributed by atoms with E-state index in [0.29, 0.717) is 25.9 Å². The summed E-state index contributed by atoms with van der Waals surface area (Å²) in [5, 5.41) is 3.65. The van der Waals surface area contributed by atoms with E-state index >= 15 is 0 Å². The molecular weight excluding hydrogens is 319 g/mol. The third kappa shape index (κ3) is 8.25. The van der Waals surface area contributed by atoms with Crippen molar-refractivity contribution in [2.24, 2.45) is 0 Å². The van der Waals surface area contributed by atoms with Gasteiger partial charge in [0.15, 0.2) is 0 Å². The number of halogens is 1. The van der Waals surface area contributed by atoms with E-state index in [9.17, 15) is 14.0 Å². The van der Waals surface area contributed by atoms with E-state index in [1.807, 2.05) is 24.1 Å². The molecule has 0 heterocycles. The number of carbonyl (C=O) groups is 2. The van der Waals surface area contributed by atoms with Crippen molar-refractivity contribution in [2.45, 2.75) is 59.3 Å². The van der Waals surface area contributed by atoms with Crippen LogP contribution in [0, 0.1) is 0 Å². The summed E-state index contributed by atoms with van der Waals surface area (Å²) in [6, 6.07) is 0. The van der Waals surface area contributed by atoms with Crippen LogP contribution in [0.4, 0.5) is 4.39 Å². The van der Waals surface area contributed by atoms with Crippen LogP contribution in [0.1, 0.15) is 59.3 Å². The van der Waals surface area contributed by atoms with Gasteiger partial charge in [0.05, 0.1) is 6.54 Å². The normalized spacial score (nSPS) is 14.1. The highest BCUT2D eigenvalue weighted by Crippen LogP contribution is 2.17. The van der Waals surface area contributed by atoms with Crippen molar-refractivity contribution in [1.29, 1.82) is 0 Å². The zero-order valence-corrected chi connectivity index (χ0v) is 15.8. The highest BCUT2D eigenvalue weighted by atomic mass is 19.1. The molecule has 1 aliphatic rings. The van der Waals surface area contributed by atoms with Gasteiger partial charge in [0, 0.05) is 32.4 Å². The second-order valence-electron chi connectivity index (χ2n) is 6.38. The standard InChI is InChI=1S/C20H31FN2O2/c1-4-6-9-13-22(14-12-17(3)24)23(20(25)5-2)16-18-10-7-8-11-19(21)15-18/h7-8,10,15H,4-6,9,11-14,16H2,1-3H3. The molecule has 0 aromatic rings. The Hall–Kier alpha value is -1.75. The molecule has 0 unspecified atom stereocenters. The molecular formula is C20H31FN2O2. The average Bonchev–Trinajstić information content (AvgIpc) is 2.79. The quantitative estimate of drug-likeness (QED) is 0.411. The van der Waals surface area contributed by atoms with Crippen LogP contribution in [0.25, 0.3) is 0 Å². The number of hydrogen-bond acceptors (Lipinski definition) is 3. The SMILES string of the molecule is CCCCCN(CCC(C)=O)N(CC1=CC=CCC(F)=C1)C(=O)CC. The van der Waals surface area contributed by atoms with Crippen LogP contribution >= 0.6 is 0 Å². The smallest absolute Gasteiger partial charge is 0.236 e. The Morgan fingerprint density at radius 3 is 2.60 bits per heavy atom. The van der Waals surface area contributed by atoms with Gasteiger partial charge >= 0.3 is 0 Å². The van der Waals surface area contributed by atoms with E-state index in [4.69, 9.17) is 0 Å². The lowest BCUT2D eigenvalue weighted by molar-refractivity contribution is -0.148. The highest BCUT2D eigenvalue weighted by Gasteiger charge is 2.21. The number of allylic oxidation sites excluding steroid dienone is 4. The first-order valence-corrected chi connectivity index (χ1v) is 9.24. The minimum atomic E-state index is -0.204. The molecule has 140 valence electrons. The molecule has 5 heteroatoms. The van der Waals surface area contributed by atoms with Crippen molar-refractivity contribution in [1.82, 2.24) is 10.0 Å². The molecule has 0 radical (unpaired) electrons. The largest absolute Gasteiger partial charge is 0.300 e. The van der Waals surface area contributed by atoms with Crippen molar-refractivity contribution in [3.05, 3.63) is 35.7 Å². The van der Waals surface area contributed by atoms with Gasteiger partial charge in [-0.25, -0.2) is 9.40 Å². The van der Waals surface area contributed by atoms with Gasteiger partial charge in [-0.3, -0.25) is 14.6 Å². The molecule has 0 spiro atoms. The molecule has 0 saturated heterocycles. The first kappa shape index (κ1) is 21.3. The molecule has 1 amide bonds. The monoisotopic (exact) mass is 350 g/mol. The van der Waals surface area contributed by atoms with E-state index in [2.05, 4.69) is 6.92 Å². The summed E-state index contributed by atoms with van der Waals surface area (Å²) in [5.74, 6) is -0.111. The van der Waals surface area contributed by atoms with Crippen molar-refractivity contribution in [3.8, 4) is 0 Å². The van der Waals surface area contributed by atoms with Gasteiger partial charge in [-0.2, -0.15) is 0 Å². The molecule has 1 rings (SSSR count). The second-order valence-corrected chi connectivity index (χ2v) is 6.38. The molecule has 0 aromatic heterocycles. The molecule has 0 aromatic carbocycles. The summed E-state index contributed by atoms with van der Waals surface area (Å²) in [5.41, 5.74) is 0.761. The topological polar surface area (TPSA) is 40.6 Å². The van der Waals surface area contributed by atoms with Crippen molar-refractivity contribution < 1.29 is 14.0 Å². The minimum absolute atomic E-state index is 0.0111. The molecule has 0 bridgehead atoms. The lowest BCUT2D eigenvalue weighted by Gasteiger charge is -2.35. The van der Waals surface area contributed by atoms with Crippen LogP contribution in [-0.4, -0.2) is 41.3 Å². The first-order chi connectivity index (χ1) is 12.0. The lowest BCUT2D eigenvalue weighted by atomic mass is 10.2. The third-order valence-electron chi connectivity index (χ3n) is 4.11. The Morgan fingerprint density at radius 1 is 1.20 bits per heavy atom. The van der Waals surface area contributed by atoms with Crippen LogP contribution in [-0.2, 0) is 9.59 Å². The predicted octanol–water partition coefficient (Wildman–Crippen LogP) is 4.35. The van der Waals surface area contributed by atoms with Gasteiger partial charge in [0.25, 0.3) is 0 Å². The maximum atomic E-state index is 13.7. The first-order valence-electron chi connectivity index (χ1n) is 9.24. The molecule has 0 atom stereocenters. The Bertz CT molecular complexity index is 538. The number of rotatable bonds is 11. The number of carbonyl (C=O) groups excluding carboxylic acids is 2. The van der Waals surface area contributed by atoms with Gasteiger partial charge in [-0.15, -0.1) is 0 Å². The van der Waals surface area contributed by atoms with Crippen LogP contribution in [0.3, 0.4) is 0 Å². The Labute approximate surface area is 151 Å². The van der Waals surface area contributed by atoms with E-state index < -0.39 is 0 Å². The lowest BCUT2D eigenvalue weighted by Crippen LogP contribution is -2.48. The number of hydrogen-bond donors (Lipinski definition) is 0. The average molecular weight is 350 g/mol. The molecule has 25 heavy (non-hydrogen) atoms. The number of unbranched alkanes of at least 4 members (excludes halogenated alkanes) is 2. The van der Waals surface area contributed by atoms with Crippen molar-refractivity contribution in [2.75, 3.05) is 19.6 Å². The summed E-state index contributed by atoms with van der Waals surface area (Å²) in [4.78, 5) is 23.9. The number of amides is 1. The van der Waals surface area contributed by atoms with Crippen LogP contribution in [0.5, 0.6) is 0 Å². The van der Waals surface area contributed by atoms with Gasteiger partial charge in [-0.1, -0.05) is 44.9 Å². The van der Waals surface area contributed by atoms with Gasteiger partial charge in [0.2, 0.25) is 5.91 Å². The van der Waals surface area contributed by atoms with E-state index in [1.54, 1.807) is 18.0 Å². The summed E-state index contributed by atoms with van der Waals surface area (Å²) in [6.45, 7) is 7.08. The third-order valence-corrected chi connectivity index (χ3v) is 4.11. The summed E-state index contributed by atoms with van der Waals surface area (Å²) < 4.78 is 13.7. The number of hydrazine groups is 1. The fraction of sp³-hybridized carbons (Fsp3) is 0.600.